The van der Waals surface area contributed by atoms with E-state index in [1.54, 1.807) is 0 Å². The summed E-state index contributed by atoms with van der Waals surface area (Å²) in [4.78, 5) is 17.4. The predicted molar refractivity (Wildman–Crippen MR) is 118 cm³/mol. The number of pyridine rings is 1. The van der Waals surface area contributed by atoms with Crippen molar-refractivity contribution in [2.45, 2.75) is 56.3 Å². The van der Waals surface area contributed by atoms with Gasteiger partial charge in [-0.1, -0.05) is 6.07 Å². The average Bonchev–Trinajstić information content (AvgIpc) is 3.38. The Labute approximate surface area is 195 Å². The highest BCUT2D eigenvalue weighted by Crippen LogP contribution is 2.44. The van der Waals surface area contributed by atoms with Gasteiger partial charge in [-0.25, -0.2) is 0 Å². The van der Waals surface area contributed by atoms with Crippen molar-refractivity contribution in [3.05, 3.63) is 69.5 Å². The Kier molecular flexibility index (Phi) is 5.50. The average molecular weight is 497 g/mol. The van der Waals surface area contributed by atoms with Crippen LogP contribution in [0.1, 0.15) is 48.6 Å². The summed E-state index contributed by atoms with van der Waals surface area (Å²) < 4.78 is 82.0. The fourth-order valence-corrected chi connectivity index (χ4v) is 5.33. The number of fused-ring (bicyclic) bond motifs is 3. The summed E-state index contributed by atoms with van der Waals surface area (Å²) in [6.45, 7) is 0. The van der Waals surface area contributed by atoms with Gasteiger partial charge in [0.1, 0.15) is 0 Å². The monoisotopic (exact) mass is 497 g/mol. The van der Waals surface area contributed by atoms with Crippen molar-refractivity contribution in [3.63, 3.8) is 0 Å². The van der Waals surface area contributed by atoms with Crippen molar-refractivity contribution in [1.29, 1.82) is 0 Å². The molecule has 35 heavy (non-hydrogen) atoms. The number of hydrogen-bond acceptors (Lipinski definition) is 4. The zero-order valence-electron chi connectivity index (χ0n) is 18.2. The molecule has 0 spiro atoms. The van der Waals surface area contributed by atoms with Gasteiger partial charge < -0.3 is 20.3 Å². The van der Waals surface area contributed by atoms with Gasteiger partial charge in [0.25, 0.3) is 0 Å². The maximum absolute atomic E-state index is 13.9. The number of aromatic amines is 1. The lowest BCUT2D eigenvalue weighted by molar-refractivity contribution is -0.137. The fraction of sp³-hybridized carbons (Fsp3) is 0.375. The number of benzene rings is 2. The first-order valence-electron chi connectivity index (χ1n) is 11.1. The van der Waals surface area contributed by atoms with Crippen molar-refractivity contribution in [2.24, 2.45) is 0 Å². The van der Waals surface area contributed by atoms with Crippen molar-refractivity contribution in [1.82, 2.24) is 4.98 Å². The van der Waals surface area contributed by atoms with E-state index in [0.717, 1.165) is 50.1 Å². The van der Waals surface area contributed by atoms with E-state index in [2.05, 4.69) is 10.3 Å². The lowest BCUT2D eigenvalue weighted by Gasteiger charge is -2.27. The summed E-state index contributed by atoms with van der Waals surface area (Å²) >= 11 is 0. The Morgan fingerprint density at radius 3 is 2.17 bits per heavy atom. The van der Waals surface area contributed by atoms with Crippen molar-refractivity contribution < 1.29 is 31.4 Å². The zero-order valence-corrected chi connectivity index (χ0v) is 18.2. The molecular formula is C24H21F6N3O2. The number of aliphatic hydroxyl groups excluding tert-OH is 1. The quantitative estimate of drug-likeness (QED) is 0.315. The molecule has 186 valence electrons. The molecule has 2 fully saturated rings. The molecule has 2 aliphatic heterocycles. The van der Waals surface area contributed by atoms with Gasteiger partial charge >= 0.3 is 12.4 Å². The third-order valence-electron chi connectivity index (χ3n) is 6.89. The van der Waals surface area contributed by atoms with Crippen LogP contribution in [0.4, 0.5) is 37.7 Å². The minimum atomic E-state index is -4.84. The van der Waals surface area contributed by atoms with Crippen molar-refractivity contribution in [2.75, 3.05) is 10.2 Å². The van der Waals surface area contributed by atoms with Gasteiger partial charge in [0, 0.05) is 35.2 Å². The third kappa shape index (κ3) is 4.11. The summed E-state index contributed by atoms with van der Waals surface area (Å²) in [5.74, 6) is 0. The van der Waals surface area contributed by atoms with Gasteiger partial charge in [-0.3, -0.25) is 4.79 Å². The number of halogens is 6. The van der Waals surface area contributed by atoms with Gasteiger partial charge in [-0.05, 0) is 56.0 Å². The SMILES string of the molecule is O=c1c(C(O)Nc2ccc(N3C4CCC3CC4)cc2C(F)(F)F)c[nH]c2cccc(C(F)(F)F)c12. The van der Waals surface area contributed by atoms with E-state index < -0.39 is 51.8 Å². The van der Waals surface area contributed by atoms with Gasteiger partial charge in [0.15, 0.2) is 11.7 Å². The van der Waals surface area contributed by atoms with E-state index in [4.69, 9.17) is 0 Å². The van der Waals surface area contributed by atoms with Crippen LogP contribution in [0.2, 0.25) is 0 Å². The Morgan fingerprint density at radius 2 is 1.57 bits per heavy atom. The Morgan fingerprint density at radius 1 is 0.943 bits per heavy atom. The number of aromatic nitrogens is 1. The molecule has 2 aromatic carbocycles. The van der Waals surface area contributed by atoms with E-state index in [1.165, 1.54) is 18.2 Å². The number of nitrogens with one attached hydrogen (secondary N) is 2. The molecule has 0 aliphatic carbocycles. The maximum Gasteiger partial charge on any atom is 0.418 e. The van der Waals surface area contributed by atoms with Crippen LogP contribution in [-0.2, 0) is 12.4 Å². The molecular weight excluding hydrogens is 476 g/mol. The van der Waals surface area contributed by atoms with Crippen LogP contribution < -0.4 is 15.6 Å². The highest BCUT2D eigenvalue weighted by atomic mass is 19.4. The molecule has 3 aromatic rings. The topological polar surface area (TPSA) is 68.4 Å². The molecule has 2 aliphatic rings. The molecule has 1 atom stereocenters. The van der Waals surface area contributed by atoms with E-state index in [9.17, 15) is 36.2 Å². The summed E-state index contributed by atoms with van der Waals surface area (Å²) in [5.41, 5.74) is -4.07. The lowest BCUT2D eigenvalue weighted by atomic mass is 10.0. The number of alkyl halides is 6. The van der Waals surface area contributed by atoms with E-state index >= 15 is 0 Å². The summed E-state index contributed by atoms with van der Waals surface area (Å²) in [7, 11) is 0. The summed E-state index contributed by atoms with van der Waals surface area (Å²) in [6, 6.07) is 7.23. The number of nitrogens with zero attached hydrogens (tertiary/aromatic N) is 1. The molecule has 3 N–H and O–H groups in total. The summed E-state index contributed by atoms with van der Waals surface area (Å²) in [6.07, 6.45) is -6.89. The molecule has 0 saturated carbocycles. The minimum Gasteiger partial charge on any atom is -0.369 e. The van der Waals surface area contributed by atoms with E-state index in [0.29, 0.717) is 5.69 Å². The normalized spacial score (nSPS) is 21.1. The fourth-order valence-electron chi connectivity index (χ4n) is 5.33. The second-order valence-corrected chi connectivity index (χ2v) is 8.94. The first-order valence-corrected chi connectivity index (χ1v) is 11.1. The smallest absolute Gasteiger partial charge is 0.369 e. The van der Waals surface area contributed by atoms with Crippen LogP contribution in [-0.4, -0.2) is 22.2 Å². The molecule has 0 amide bonds. The first-order chi connectivity index (χ1) is 16.4. The van der Waals surface area contributed by atoms with Gasteiger partial charge in [-0.15, -0.1) is 0 Å². The Hall–Kier alpha value is -3.21. The number of rotatable bonds is 4. The second-order valence-electron chi connectivity index (χ2n) is 8.94. The van der Waals surface area contributed by atoms with Gasteiger partial charge in [0.05, 0.1) is 22.1 Å². The van der Waals surface area contributed by atoms with Crippen LogP contribution in [0, 0.1) is 0 Å². The number of anilines is 2. The molecule has 5 nitrogen and oxygen atoms in total. The minimum absolute atomic E-state index is 0.110. The Balaban J connectivity index is 1.52. The zero-order chi connectivity index (χ0) is 25.1. The second kappa shape index (κ2) is 8.18. The molecule has 1 aromatic heterocycles. The lowest BCUT2D eigenvalue weighted by Crippen LogP contribution is -2.28. The van der Waals surface area contributed by atoms with Crippen LogP contribution in [0.15, 0.2) is 47.4 Å². The van der Waals surface area contributed by atoms with E-state index in [-0.39, 0.29) is 17.6 Å². The molecule has 2 bridgehead atoms. The van der Waals surface area contributed by atoms with E-state index in [1.807, 2.05) is 4.90 Å². The standard InChI is InChI=1S/C24H21F6N3O2/c25-23(26,27)16-2-1-3-19-20(16)21(34)15(11-31-19)22(35)32-18-9-8-14(10-17(18)24(28,29)30)33-12-4-5-13(33)7-6-12/h1-3,8-13,22,32,35H,4-7H2,(H,31,34). The van der Waals surface area contributed by atoms with Crippen LogP contribution in [0.25, 0.3) is 10.9 Å². The molecule has 5 rings (SSSR count). The highest BCUT2D eigenvalue weighted by molar-refractivity contribution is 5.83. The maximum atomic E-state index is 13.9. The largest absolute Gasteiger partial charge is 0.418 e. The molecule has 2 saturated heterocycles. The van der Waals surface area contributed by atoms with Gasteiger partial charge in [0.2, 0.25) is 0 Å². The number of hydrogen-bond donors (Lipinski definition) is 3. The van der Waals surface area contributed by atoms with Crippen molar-refractivity contribution in [3.8, 4) is 0 Å². The summed E-state index contributed by atoms with van der Waals surface area (Å²) in [5, 5.41) is 12.2. The first kappa shape index (κ1) is 23.5. The molecule has 1 unspecified atom stereocenters. The van der Waals surface area contributed by atoms with Crippen LogP contribution in [0.3, 0.4) is 0 Å². The number of H-pyrrole nitrogens is 1. The Bertz CT molecular complexity index is 1310. The van der Waals surface area contributed by atoms with Crippen molar-refractivity contribution >= 4 is 22.3 Å². The predicted octanol–water partition coefficient (Wildman–Crippen LogP) is 5.80. The third-order valence-corrected chi connectivity index (χ3v) is 6.89. The molecule has 11 heteroatoms. The highest BCUT2D eigenvalue weighted by Gasteiger charge is 2.41. The van der Waals surface area contributed by atoms with Crippen LogP contribution >= 0.6 is 0 Å². The van der Waals surface area contributed by atoms with Crippen LogP contribution in [0.5, 0.6) is 0 Å². The van der Waals surface area contributed by atoms with Gasteiger partial charge in [-0.2, -0.15) is 26.3 Å². The number of aliphatic hydroxyl groups is 1. The molecule has 3 heterocycles. The molecule has 0 radical (unpaired) electrons.